The molecule has 2 heterocycles. The van der Waals surface area contributed by atoms with Gasteiger partial charge in [0.1, 0.15) is 6.33 Å². The third-order valence-electron chi connectivity index (χ3n) is 6.37. The number of aliphatic hydroxyl groups excluding tert-OH is 1. The lowest BCUT2D eigenvalue weighted by Crippen LogP contribution is -2.49. The fourth-order valence-electron chi connectivity index (χ4n) is 4.78. The molecule has 1 spiro atoms. The number of carbonyl (C=O) groups is 1. The lowest BCUT2D eigenvalue weighted by Gasteiger charge is -2.42. The van der Waals surface area contributed by atoms with E-state index in [1.807, 2.05) is 41.3 Å². The summed E-state index contributed by atoms with van der Waals surface area (Å²) in [5, 5.41) is 17.5. The number of amides is 1. The van der Waals surface area contributed by atoms with Crippen LogP contribution in [0.1, 0.15) is 34.3 Å². The molecule has 1 amide bonds. The van der Waals surface area contributed by atoms with Crippen LogP contribution in [0.15, 0.2) is 54.9 Å². The van der Waals surface area contributed by atoms with Gasteiger partial charge in [-0.05, 0) is 42.5 Å². The van der Waals surface area contributed by atoms with E-state index in [9.17, 15) is 9.90 Å². The maximum Gasteiger partial charge on any atom is 0.253 e. The fourth-order valence-corrected chi connectivity index (χ4v) is 4.78. The number of fused-ring (bicyclic) bond motifs is 2. The second-order valence-corrected chi connectivity index (χ2v) is 7.74. The molecule has 0 radical (unpaired) electrons. The number of nitrogens with one attached hydrogen (secondary N) is 1. The van der Waals surface area contributed by atoms with Crippen LogP contribution in [-0.2, 0) is 11.8 Å². The summed E-state index contributed by atoms with van der Waals surface area (Å²) in [7, 11) is 0. The summed E-state index contributed by atoms with van der Waals surface area (Å²) in [4.78, 5) is 19.0. The van der Waals surface area contributed by atoms with E-state index >= 15 is 0 Å². The molecule has 1 fully saturated rings. The third kappa shape index (κ3) is 2.64. The van der Waals surface area contributed by atoms with Crippen LogP contribution in [0.2, 0.25) is 0 Å². The average Bonchev–Trinajstić information content (AvgIpc) is 3.36. The summed E-state index contributed by atoms with van der Waals surface area (Å²) in [5.41, 5.74) is 3.89. The van der Waals surface area contributed by atoms with Crippen molar-refractivity contribution in [3.63, 3.8) is 0 Å². The van der Waals surface area contributed by atoms with Crippen LogP contribution in [0.4, 0.5) is 0 Å². The molecule has 2 aliphatic rings. The molecule has 6 nitrogen and oxygen atoms in total. The van der Waals surface area contributed by atoms with Gasteiger partial charge in [0.25, 0.3) is 5.91 Å². The van der Waals surface area contributed by atoms with Crippen molar-refractivity contribution in [2.75, 3.05) is 13.1 Å². The van der Waals surface area contributed by atoms with Crippen molar-refractivity contribution in [2.45, 2.75) is 30.8 Å². The second-order valence-electron chi connectivity index (χ2n) is 7.74. The molecule has 2 aromatic carbocycles. The van der Waals surface area contributed by atoms with E-state index in [4.69, 9.17) is 0 Å². The normalized spacial score (nSPS) is 20.3. The Labute approximate surface area is 163 Å². The number of carbonyl (C=O) groups excluding carboxylic acids is 1. The van der Waals surface area contributed by atoms with Gasteiger partial charge in [-0.3, -0.25) is 9.89 Å². The number of aliphatic hydroxyl groups is 1. The smallest absolute Gasteiger partial charge is 0.253 e. The van der Waals surface area contributed by atoms with Gasteiger partial charge in [-0.15, -0.1) is 0 Å². The lowest BCUT2D eigenvalue weighted by molar-refractivity contribution is 0.0365. The quantitative estimate of drug-likeness (QED) is 0.722. The minimum Gasteiger partial charge on any atom is -0.392 e. The molecule has 28 heavy (non-hydrogen) atoms. The SMILES string of the molecule is O=C(c1ccc(-c2ncn[nH]2)cc1)N1CCC2(CC1)c1ccccc1C[C@H]2O. The van der Waals surface area contributed by atoms with Gasteiger partial charge in [-0.2, -0.15) is 5.10 Å². The molecule has 3 aromatic rings. The molecule has 6 heteroatoms. The molecule has 1 saturated heterocycles. The standard InChI is InChI=1S/C22H22N4O2/c27-19-13-17-3-1-2-4-18(17)22(19)9-11-26(12-10-22)21(28)16-7-5-15(6-8-16)20-23-14-24-25-20/h1-8,14,19,27H,9-13H2,(H,23,24,25)/t19-/m1/s1. The van der Waals surface area contributed by atoms with Crippen molar-refractivity contribution in [3.05, 3.63) is 71.5 Å². The first-order chi connectivity index (χ1) is 13.7. The van der Waals surface area contributed by atoms with E-state index in [-0.39, 0.29) is 17.4 Å². The van der Waals surface area contributed by atoms with Gasteiger partial charge >= 0.3 is 0 Å². The molecule has 0 saturated carbocycles. The Morgan fingerprint density at radius 1 is 1.11 bits per heavy atom. The molecule has 0 unspecified atom stereocenters. The van der Waals surface area contributed by atoms with E-state index in [1.165, 1.54) is 17.5 Å². The number of benzene rings is 2. The maximum atomic E-state index is 13.0. The summed E-state index contributed by atoms with van der Waals surface area (Å²) in [6.07, 6.45) is 3.42. The molecular formula is C22H22N4O2. The predicted molar refractivity (Wildman–Crippen MR) is 105 cm³/mol. The van der Waals surface area contributed by atoms with Gasteiger partial charge in [0.15, 0.2) is 5.82 Å². The largest absolute Gasteiger partial charge is 0.392 e. The molecule has 2 N–H and O–H groups in total. The zero-order valence-corrected chi connectivity index (χ0v) is 15.5. The Morgan fingerprint density at radius 2 is 1.86 bits per heavy atom. The number of likely N-dealkylation sites (tertiary alicyclic amines) is 1. The Kier molecular flexibility index (Phi) is 4.02. The van der Waals surface area contributed by atoms with Crippen LogP contribution in [-0.4, -0.2) is 50.3 Å². The first-order valence-electron chi connectivity index (χ1n) is 9.69. The zero-order chi connectivity index (χ0) is 19.1. The highest BCUT2D eigenvalue weighted by Gasteiger charge is 2.48. The third-order valence-corrected chi connectivity index (χ3v) is 6.37. The van der Waals surface area contributed by atoms with Gasteiger partial charge in [-0.1, -0.05) is 36.4 Å². The van der Waals surface area contributed by atoms with Crippen molar-refractivity contribution in [1.82, 2.24) is 20.1 Å². The van der Waals surface area contributed by atoms with E-state index in [1.54, 1.807) is 0 Å². The number of hydrogen-bond donors (Lipinski definition) is 2. The molecule has 0 bridgehead atoms. The maximum absolute atomic E-state index is 13.0. The molecule has 1 aromatic heterocycles. The number of nitrogens with zero attached hydrogens (tertiary/aromatic N) is 3. The molecule has 1 aliphatic carbocycles. The first kappa shape index (κ1) is 17.1. The van der Waals surface area contributed by atoms with E-state index in [0.717, 1.165) is 18.4 Å². The Balaban J connectivity index is 1.31. The highest BCUT2D eigenvalue weighted by molar-refractivity contribution is 5.94. The summed E-state index contributed by atoms with van der Waals surface area (Å²) in [6.45, 7) is 1.32. The van der Waals surface area contributed by atoms with Crippen LogP contribution >= 0.6 is 0 Å². The lowest BCUT2D eigenvalue weighted by atomic mass is 9.72. The van der Waals surface area contributed by atoms with Crippen molar-refractivity contribution < 1.29 is 9.90 Å². The van der Waals surface area contributed by atoms with Crippen LogP contribution in [0.5, 0.6) is 0 Å². The van der Waals surface area contributed by atoms with Crippen molar-refractivity contribution in [3.8, 4) is 11.4 Å². The minimum atomic E-state index is -0.358. The van der Waals surface area contributed by atoms with Crippen molar-refractivity contribution in [1.29, 1.82) is 0 Å². The van der Waals surface area contributed by atoms with Crippen LogP contribution in [0, 0.1) is 0 Å². The molecular weight excluding hydrogens is 352 g/mol. The zero-order valence-electron chi connectivity index (χ0n) is 15.5. The van der Waals surface area contributed by atoms with E-state index in [0.29, 0.717) is 30.9 Å². The number of aromatic nitrogens is 3. The van der Waals surface area contributed by atoms with Gasteiger partial charge in [0, 0.05) is 29.6 Å². The number of aromatic amines is 1. The number of rotatable bonds is 2. The Hall–Kier alpha value is -2.99. The van der Waals surface area contributed by atoms with Gasteiger partial charge in [0.05, 0.1) is 6.10 Å². The number of H-pyrrole nitrogens is 1. The minimum absolute atomic E-state index is 0.0414. The van der Waals surface area contributed by atoms with Gasteiger partial charge in [0.2, 0.25) is 0 Å². The number of hydrogen-bond acceptors (Lipinski definition) is 4. The highest BCUT2D eigenvalue weighted by atomic mass is 16.3. The van der Waals surface area contributed by atoms with Crippen LogP contribution in [0.25, 0.3) is 11.4 Å². The summed E-state index contributed by atoms with van der Waals surface area (Å²) < 4.78 is 0. The molecule has 1 atom stereocenters. The first-order valence-corrected chi connectivity index (χ1v) is 9.69. The fraction of sp³-hybridized carbons (Fsp3) is 0.318. The molecule has 1 aliphatic heterocycles. The second kappa shape index (κ2) is 6.56. The van der Waals surface area contributed by atoms with Crippen molar-refractivity contribution >= 4 is 5.91 Å². The summed E-state index contributed by atoms with van der Waals surface area (Å²) in [6, 6.07) is 15.8. The van der Waals surface area contributed by atoms with Crippen LogP contribution < -0.4 is 0 Å². The van der Waals surface area contributed by atoms with Gasteiger partial charge < -0.3 is 10.0 Å². The Bertz CT molecular complexity index is 990. The molecule has 5 rings (SSSR count). The van der Waals surface area contributed by atoms with Crippen molar-refractivity contribution in [2.24, 2.45) is 0 Å². The summed E-state index contributed by atoms with van der Waals surface area (Å²) in [5.74, 6) is 0.729. The Morgan fingerprint density at radius 3 is 2.57 bits per heavy atom. The number of piperidine rings is 1. The van der Waals surface area contributed by atoms with Gasteiger partial charge in [-0.25, -0.2) is 4.98 Å². The van der Waals surface area contributed by atoms with Crippen LogP contribution in [0.3, 0.4) is 0 Å². The summed E-state index contributed by atoms with van der Waals surface area (Å²) >= 11 is 0. The highest BCUT2D eigenvalue weighted by Crippen LogP contribution is 2.46. The monoisotopic (exact) mass is 374 g/mol. The molecule has 142 valence electrons. The topological polar surface area (TPSA) is 82.1 Å². The van der Waals surface area contributed by atoms with E-state index in [2.05, 4.69) is 27.3 Å². The average molecular weight is 374 g/mol. The predicted octanol–water partition coefficient (Wildman–Crippen LogP) is 2.56. The van der Waals surface area contributed by atoms with E-state index < -0.39 is 0 Å².